The summed E-state index contributed by atoms with van der Waals surface area (Å²) < 4.78 is 32.3. The molecule has 0 heterocycles. The van der Waals surface area contributed by atoms with E-state index in [1.807, 2.05) is 42.5 Å². The van der Waals surface area contributed by atoms with Crippen LogP contribution in [0.3, 0.4) is 0 Å². The van der Waals surface area contributed by atoms with E-state index >= 15 is 0 Å². The first-order valence-electron chi connectivity index (χ1n) is 11.0. The minimum Gasteiger partial charge on any atom is -0.466 e. The van der Waals surface area contributed by atoms with Crippen LogP contribution in [0.2, 0.25) is 0 Å². The number of esters is 1. The van der Waals surface area contributed by atoms with Gasteiger partial charge in [0, 0.05) is 18.9 Å². The fourth-order valence-corrected chi connectivity index (χ4v) is 5.04. The number of benzene rings is 1. The molecule has 7 nitrogen and oxygen atoms in total. The Morgan fingerprint density at radius 2 is 1.87 bits per heavy atom. The van der Waals surface area contributed by atoms with Gasteiger partial charge in [-0.3, -0.25) is 4.79 Å². The average molecular weight is 454 g/mol. The lowest BCUT2D eigenvalue weighted by Crippen LogP contribution is -2.37. The van der Waals surface area contributed by atoms with E-state index in [2.05, 4.69) is 4.72 Å². The SMILES string of the molecule is CCOC(=O)CCC/C=C/C[C@@H]1[C@@H](CNS(=O)(=O)CCc2ccccc2)[C@H](O)C[C@@H]1O. The maximum atomic E-state index is 12.4. The highest BCUT2D eigenvalue weighted by Crippen LogP contribution is 2.35. The number of carbonyl (C=O) groups excluding carboxylic acids is 1. The van der Waals surface area contributed by atoms with E-state index in [0.29, 0.717) is 32.3 Å². The van der Waals surface area contributed by atoms with Gasteiger partial charge in [0.1, 0.15) is 0 Å². The van der Waals surface area contributed by atoms with Crippen molar-refractivity contribution >= 4 is 16.0 Å². The first-order chi connectivity index (χ1) is 14.8. The Labute approximate surface area is 185 Å². The van der Waals surface area contributed by atoms with Gasteiger partial charge < -0.3 is 14.9 Å². The topological polar surface area (TPSA) is 113 Å². The molecule has 0 spiro atoms. The van der Waals surface area contributed by atoms with Crippen molar-refractivity contribution < 1.29 is 28.2 Å². The van der Waals surface area contributed by atoms with E-state index in [9.17, 15) is 23.4 Å². The van der Waals surface area contributed by atoms with Crippen molar-refractivity contribution in [2.75, 3.05) is 18.9 Å². The van der Waals surface area contributed by atoms with Gasteiger partial charge in [-0.25, -0.2) is 13.1 Å². The van der Waals surface area contributed by atoms with Gasteiger partial charge in [-0.1, -0.05) is 42.5 Å². The fourth-order valence-electron chi connectivity index (χ4n) is 3.95. The van der Waals surface area contributed by atoms with E-state index < -0.39 is 22.2 Å². The van der Waals surface area contributed by atoms with Crippen LogP contribution in [0.25, 0.3) is 0 Å². The van der Waals surface area contributed by atoms with Gasteiger partial charge >= 0.3 is 5.97 Å². The number of hydrogen-bond donors (Lipinski definition) is 3. The first kappa shape index (κ1) is 25.5. The van der Waals surface area contributed by atoms with Crippen LogP contribution >= 0.6 is 0 Å². The van der Waals surface area contributed by atoms with E-state index in [1.54, 1.807) is 6.92 Å². The molecule has 1 aliphatic rings. The van der Waals surface area contributed by atoms with Crippen LogP contribution in [0, 0.1) is 11.8 Å². The van der Waals surface area contributed by atoms with Gasteiger partial charge in [-0.05, 0) is 50.5 Å². The molecule has 0 unspecified atom stereocenters. The number of unbranched alkanes of at least 4 members (excludes halogenated alkanes) is 1. The molecular formula is C23H35NO6S. The number of sulfonamides is 1. The molecule has 0 radical (unpaired) electrons. The first-order valence-corrected chi connectivity index (χ1v) is 12.7. The normalized spacial score (nSPS) is 24.0. The average Bonchev–Trinajstić information content (AvgIpc) is 3.01. The second kappa shape index (κ2) is 13.0. The standard InChI is InChI=1S/C23H35NO6S/c1-2-30-23(27)13-9-4-3-8-12-19-20(22(26)16-21(19)25)17-24-31(28,29)15-14-18-10-6-5-7-11-18/h3,5-8,10-11,19-22,24-26H,2,4,9,12-17H2,1H3/b8-3+/t19-,20-,21+,22-/m1/s1. The van der Waals surface area contributed by atoms with Crippen molar-refractivity contribution in [3.63, 3.8) is 0 Å². The van der Waals surface area contributed by atoms with Crippen molar-refractivity contribution in [3.05, 3.63) is 48.0 Å². The lowest BCUT2D eigenvalue weighted by Gasteiger charge is -2.22. The monoisotopic (exact) mass is 453 g/mol. The fraction of sp³-hybridized carbons (Fsp3) is 0.609. The molecule has 1 aliphatic carbocycles. The molecule has 0 aromatic heterocycles. The van der Waals surface area contributed by atoms with Crippen LogP contribution in [0.5, 0.6) is 0 Å². The Kier molecular flexibility index (Phi) is 10.7. The van der Waals surface area contributed by atoms with Crippen molar-refractivity contribution in [1.29, 1.82) is 0 Å². The van der Waals surface area contributed by atoms with Gasteiger partial charge in [0.2, 0.25) is 10.0 Å². The van der Waals surface area contributed by atoms with Crippen molar-refractivity contribution in [2.24, 2.45) is 11.8 Å². The summed E-state index contributed by atoms with van der Waals surface area (Å²) in [5, 5.41) is 20.6. The van der Waals surface area contributed by atoms with Gasteiger partial charge in [-0.2, -0.15) is 0 Å². The Hall–Kier alpha value is -1.74. The second-order valence-corrected chi connectivity index (χ2v) is 9.93. The zero-order valence-corrected chi connectivity index (χ0v) is 19.0. The molecule has 0 bridgehead atoms. The number of rotatable bonds is 13. The minimum atomic E-state index is -3.48. The number of aliphatic hydroxyl groups excluding tert-OH is 2. The molecule has 8 heteroatoms. The summed E-state index contributed by atoms with van der Waals surface area (Å²) in [5.41, 5.74) is 0.954. The molecule has 1 saturated carbocycles. The van der Waals surface area contributed by atoms with E-state index in [-0.39, 0.29) is 36.5 Å². The molecule has 174 valence electrons. The summed E-state index contributed by atoms with van der Waals surface area (Å²) in [6.45, 7) is 2.27. The number of aryl methyl sites for hydroxylation is 1. The van der Waals surface area contributed by atoms with E-state index in [4.69, 9.17) is 4.74 Å². The lowest BCUT2D eigenvalue weighted by molar-refractivity contribution is -0.143. The number of hydrogen-bond acceptors (Lipinski definition) is 6. The number of allylic oxidation sites excluding steroid dienone is 2. The quantitative estimate of drug-likeness (QED) is 0.240. The summed E-state index contributed by atoms with van der Waals surface area (Å²) in [6.07, 6.45) is 5.49. The molecule has 1 aromatic carbocycles. The molecule has 31 heavy (non-hydrogen) atoms. The Bertz CT molecular complexity index is 796. The second-order valence-electron chi connectivity index (χ2n) is 8.01. The highest BCUT2D eigenvalue weighted by atomic mass is 32.2. The predicted molar refractivity (Wildman–Crippen MR) is 120 cm³/mol. The summed E-state index contributed by atoms with van der Waals surface area (Å²) in [4.78, 5) is 11.3. The zero-order chi connectivity index (χ0) is 22.7. The number of nitrogens with one attached hydrogen (secondary N) is 1. The Balaban J connectivity index is 1.79. The molecule has 2 rings (SSSR count). The van der Waals surface area contributed by atoms with Crippen molar-refractivity contribution in [2.45, 2.75) is 57.7 Å². The largest absolute Gasteiger partial charge is 0.466 e. The van der Waals surface area contributed by atoms with Crippen LogP contribution in [-0.4, -0.2) is 55.7 Å². The Morgan fingerprint density at radius 1 is 1.16 bits per heavy atom. The third kappa shape index (κ3) is 9.11. The van der Waals surface area contributed by atoms with Gasteiger partial charge in [0.15, 0.2) is 0 Å². The zero-order valence-electron chi connectivity index (χ0n) is 18.2. The van der Waals surface area contributed by atoms with Crippen LogP contribution in [0.4, 0.5) is 0 Å². The van der Waals surface area contributed by atoms with Gasteiger partial charge in [0.05, 0.1) is 24.6 Å². The molecule has 4 atom stereocenters. The highest BCUT2D eigenvalue weighted by molar-refractivity contribution is 7.89. The van der Waals surface area contributed by atoms with E-state index in [1.165, 1.54) is 0 Å². The van der Waals surface area contributed by atoms with Gasteiger partial charge in [0.25, 0.3) is 0 Å². The summed E-state index contributed by atoms with van der Waals surface area (Å²) in [6, 6.07) is 9.42. The lowest BCUT2D eigenvalue weighted by atomic mass is 9.90. The molecular weight excluding hydrogens is 418 g/mol. The number of ether oxygens (including phenoxy) is 1. The molecule has 0 aliphatic heterocycles. The van der Waals surface area contributed by atoms with Crippen molar-refractivity contribution in [3.8, 4) is 0 Å². The smallest absolute Gasteiger partial charge is 0.305 e. The maximum absolute atomic E-state index is 12.4. The molecule has 1 aromatic rings. The van der Waals surface area contributed by atoms with Crippen molar-refractivity contribution in [1.82, 2.24) is 4.72 Å². The molecule has 1 fully saturated rings. The predicted octanol–water partition coefficient (Wildman–Crippen LogP) is 2.19. The molecule has 0 saturated heterocycles. The van der Waals surface area contributed by atoms with Crippen LogP contribution in [0.1, 0.15) is 44.6 Å². The van der Waals surface area contributed by atoms with Crippen LogP contribution < -0.4 is 4.72 Å². The number of aliphatic hydroxyl groups is 2. The minimum absolute atomic E-state index is 0.0204. The van der Waals surface area contributed by atoms with E-state index in [0.717, 1.165) is 12.0 Å². The molecule has 0 amide bonds. The third-order valence-electron chi connectivity index (χ3n) is 5.69. The Morgan fingerprint density at radius 3 is 2.58 bits per heavy atom. The van der Waals surface area contributed by atoms with Gasteiger partial charge in [-0.15, -0.1) is 0 Å². The molecule has 3 N–H and O–H groups in total. The summed E-state index contributed by atoms with van der Waals surface area (Å²) in [5.74, 6) is -0.781. The summed E-state index contributed by atoms with van der Waals surface area (Å²) >= 11 is 0. The third-order valence-corrected chi connectivity index (χ3v) is 7.04. The summed E-state index contributed by atoms with van der Waals surface area (Å²) in [7, 11) is -3.48. The maximum Gasteiger partial charge on any atom is 0.305 e. The van der Waals surface area contributed by atoms with Crippen LogP contribution in [-0.2, 0) is 26.0 Å². The van der Waals surface area contributed by atoms with Crippen LogP contribution in [0.15, 0.2) is 42.5 Å². The number of carbonyl (C=O) groups is 1. The highest BCUT2D eigenvalue weighted by Gasteiger charge is 2.41.